The fourth-order valence-electron chi connectivity index (χ4n) is 4.44. The smallest absolute Gasteiger partial charge is 0.308 e. The lowest BCUT2D eigenvalue weighted by molar-refractivity contribution is -0.156. The molecule has 0 spiro atoms. The normalized spacial score (nSPS) is 28.8. The topological polar surface area (TPSA) is 103 Å². The maximum Gasteiger partial charge on any atom is 0.308 e. The molecular weight excluding hydrogens is 378 g/mol. The molecule has 2 fully saturated rings. The second-order valence-corrected chi connectivity index (χ2v) is 7.81. The van der Waals surface area contributed by atoms with E-state index >= 15 is 0 Å². The Hall–Kier alpha value is -2.16. The second-order valence-electron chi connectivity index (χ2n) is 7.81. The lowest BCUT2D eigenvalue weighted by Gasteiger charge is -2.36. The van der Waals surface area contributed by atoms with Gasteiger partial charge in [-0.05, 0) is 37.5 Å². The lowest BCUT2D eigenvalue weighted by atomic mass is 9.84. The molecule has 4 rings (SSSR count). The van der Waals surface area contributed by atoms with Crippen molar-refractivity contribution in [3.63, 3.8) is 0 Å². The molecule has 3 aliphatic rings. The van der Waals surface area contributed by atoms with E-state index in [2.05, 4.69) is 5.32 Å². The molecule has 0 bridgehead atoms. The number of nitrogens with one attached hydrogen (secondary N) is 1. The quantitative estimate of drug-likeness (QED) is 0.718. The van der Waals surface area contributed by atoms with E-state index in [0.29, 0.717) is 19.6 Å². The van der Waals surface area contributed by atoms with Gasteiger partial charge in [0.15, 0.2) is 0 Å². The van der Waals surface area contributed by atoms with Crippen LogP contribution >= 0.6 is 0 Å². The van der Waals surface area contributed by atoms with Crippen molar-refractivity contribution in [2.75, 3.05) is 32.2 Å². The van der Waals surface area contributed by atoms with E-state index in [1.165, 1.54) is 7.11 Å². The number of hydrogen-bond acceptors (Lipinski definition) is 7. The summed E-state index contributed by atoms with van der Waals surface area (Å²) in [4.78, 5) is 24.2. The van der Waals surface area contributed by atoms with E-state index < -0.39 is 6.10 Å². The van der Waals surface area contributed by atoms with Crippen molar-refractivity contribution in [1.29, 1.82) is 0 Å². The third-order valence-electron chi connectivity index (χ3n) is 5.98. The molecule has 1 aromatic carbocycles. The van der Waals surface area contributed by atoms with Crippen LogP contribution in [0, 0.1) is 5.92 Å². The first-order valence-electron chi connectivity index (χ1n) is 10.1. The first-order valence-corrected chi connectivity index (χ1v) is 10.1. The highest BCUT2D eigenvalue weighted by atomic mass is 16.6. The van der Waals surface area contributed by atoms with Crippen LogP contribution in [0.15, 0.2) is 18.2 Å². The van der Waals surface area contributed by atoms with Crippen LogP contribution in [0.3, 0.4) is 0 Å². The number of methoxy groups -OCH3 is 1. The van der Waals surface area contributed by atoms with Gasteiger partial charge in [-0.25, -0.2) is 0 Å². The van der Waals surface area contributed by atoms with Gasteiger partial charge in [-0.15, -0.1) is 0 Å². The van der Waals surface area contributed by atoms with Crippen molar-refractivity contribution in [3.8, 4) is 5.75 Å². The molecular formula is C21H27NO7. The van der Waals surface area contributed by atoms with Gasteiger partial charge in [-0.1, -0.05) is 0 Å². The molecule has 8 heteroatoms. The van der Waals surface area contributed by atoms with E-state index in [-0.39, 0.29) is 48.9 Å². The van der Waals surface area contributed by atoms with Crippen molar-refractivity contribution in [3.05, 3.63) is 23.8 Å². The molecule has 1 amide bonds. The van der Waals surface area contributed by atoms with E-state index in [1.807, 2.05) is 18.2 Å². The van der Waals surface area contributed by atoms with E-state index in [4.69, 9.17) is 18.9 Å². The van der Waals surface area contributed by atoms with Crippen molar-refractivity contribution >= 4 is 17.6 Å². The second kappa shape index (κ2) is 8.69. The Morgan fingerprint density at radius 3 is 2.79 bits per heavy atom. The highest BCUT2D eigenvalue weighted by molar-refractivity contribution is 5.92. The number of aliphatic hydroxyl groups excluding tert-OH is 1. The zero-order valence-electron chi connectivity index (χ0n) is 16.5. The minimum Gasteiger partial charge on any atom is -0.487 e. The molecule has 158 valence electrons. The molecule has 3 heterocycles. The number of esters is 1. The first-order chi connectivity index (χ1) is 14.1. The maximum atomic E-state index is 12.6. The third-order valence-corrected chi connectivity index (χ3v) is 5.98. The van der Waals surface area contributed by atoms with E-state index in [0.717, 1.165) is 29.8 Å². The van der Waals surface area contributed by atoms with Crippen molar-refractivity contribution in [2.24, 2.45) is 5.92 Å². The molecule has 0 radical (unpaired) electrons. The molecule has 8 nitrogen and oxygen atoms in total. The van der Waals surface area contributed by atoms with Gasteiger partial charge in [0.2, 0.25) is 5.91 Å². The standard InChI is InChI=1S/C21H27NO7/c1-26-19(24)10-14-9-16-15-8-13(22-21(25)12-4-6-27-7-5-12)2-3-17(15)29-20(16)18(11-23)28-14/h2-3,8,12,14,16,18,20,23H,4-7,9-11H2,1H3,(H,22,25)/t14-,16-,18+,20+/m1/s1. The van der Waals surface area contributed by atoms with E-state index in [1.54, 1.807) is 0 Å². The monoisotopic (exact) mass is 405 g/mol. The number of rotatable bonds is 5. The van der Waals surface area contributed by atoms with Gasteiger partial charge in [-0.2, -0.15) is 0 Å². The average molecular weight is 405 g/mol. The van der Waals surface area contributed by atoms with Crippen molar-refractivity contribution < 1.29 is 33.6 Å². The minimum absolute atomic E-state index is 0.00694. The van der Waals surface area contributed by atoms with Crippen LogP contribution in [0.5, 0.6) is 5.75 Å². The van der Waals surface area contributed by atoms with Crippen LogP contribution in [0.25, 0.3) is 0 Å². The summed E-state index contributed by atoms with van der Waals surface area (Å²) in [6.45, 7) is 1.04. The number of aliphatic hydroxyl groups is 1. The summed E-state index contributed by atoms with van der Waals surface area (Å²) in [5.41, 5.74) is 1.69. The Kier molecular flexibility index (Phi) is 6.03. The zero-order valence-corrected chi connectivity index (χ0v) is 16.5. The van der Waals surface area contributed by atoms with Crippen LogP contribution in [-0.2, 0) is 23.8 Å². The Balaban J connectivity index is 1.50. The summed E-state index contributed by atoms with van der Waals surface area (Å²) in [6.07, 6.45) is 0.995. The molecule has 0 unspecified atom stereocenters. The maximum absolute atomic E-state index is 12.6. The SMILES string of the molecule is COC(=O)C[C@H]1C[C@@H]2c3cc(NC(=O)C4CCOCC4)ccc3O[C@@H]2[C@H](CO)O1. The molecule has 3 aliphatic heterocycles. The molecule has 1 aromatic rings. The summed E-state index contributed by atoms with van der Waals surface area (Å²) in [5.74, 6) is 0.330. The Morgan fingerprint density at radius 2 is 2.07 bits per heavy atom. The van der Waals surface area contributed by atoms with Gasteiger partial charge in [-0.3, -0.25) is 9.59 Å². The predicted molar refractivity (Wildman–Crippen MR) is 103 cm³/mol. The fraction of sp³-hybridized carbons (Fsp3) is 0.619. The van der Waals surface area contributed by atoms with Gasteiger partial charge in [0.25, 0.3) is 0 Å². The summed E-state index contributed by atoms with van der Waals surface area (Å²) in [5, 5.41) is 12.8. The molecule has 0 aliphatic carbocycles. The number of carbonyl (C=O) groups excluding carboxylic acids is 2. The summed E-state index contributed by atoms with van der Waals surface area (Å²) in [7, 11) is 1.35. The molecule has 2 N–H and O–H groups in total. The summed E-state index contributed by atoms with van der Waals surface area (Å²) in [6, 6.07) is 5.61. The molecule has 0 saturated carbocycles. The first kappa shape index (κ1) is 20.1. The lowest BCUT2D eigenvalue weighted by Crippen LogP contribution is -2.46. The molecule has 4 atom stereocenters. The largest absolute Gasteiger partial charge is 0.487 e. The molecule has 2 saturated heterocycles. The highest BCUT2D eigenvalue weighted by Gasteiger charge is 2.46. The molecule has 29 heavy (non-hydrogen) atoms. The number of hydrogen-bond donors (Lipinski definition) is 2. The summed E-state index contributed by atoms with van der Waals surface area (Å²) >= 11 is 0. The minimum atomic E-state index is -0.518. The van der Waals surface area contributed by atoms with Crippen molar-refractivity contribution in [2.45, 2.75) is 49.9 Å². The number of benzene rings is 1. The van der Waals surface area contributed by atoms with Gasteiger partial charge in [0, 0.05) is 36.3 Å². The fourth-order valence-corrected chi connectivity index (χ4v) is 4.44. The van der Waals surface area contributed by atoms with E-state index in [9.17, 15) is 14.7 Å². The van der Waals surface area contributed by atoms with Gasteiger partial charge >= 0.3 is 5.97 Å². The average Bonchev–Trinajstić information content (AvgIpc) is 3.11. The van der Waals surface area contributed by atoms with Crippen molar-refractivity contribution in [1.82, 2.24) is 0 Å². The number of fused-ring (bicyclic) bond motifs is 3. The number of anilines is 1. The van der Waals surface area contributed by atoms with Gasteiger partial charge in [0.05, 0.1) is 26.2 Å². The summed E-state index contributed by atoms with van der Waals surface area (Å²) < 4.78 is 22.0. The van der Waals surface area contributed by atoms with Crippen LogP contribution in [0.2, 0.25) is 0 Å². The van der Waals surface area contributed by atoms with Crippen LogP contribution in [0.4, 0.5) is 5.69 Å². The van der Waals surface area contributed by atoms with Crippen LogP contribution < -0.4 is 10.1 Å². The molecule has 0 aromatic heterocycles. The Morgan fingerprint density at radius 1 is 1.28 bits per heavy atom. The Labute approximate surface area is 169 Å². The highest BCUT2D eigenvalue weighted by Crippen LogP contribution is 2.47. The van der Waals surface area contributed by atoms with Gasteiger partial charge in [0.1, 0.15) is 18.0 Å². The third kappa shape index (κ3) is 4.24. The Bertz CT molecular complexity index is 761. The predicted octanol–water partition coefficient (Wildman–Crippen LogP) is 1.61. The van der Waals surface area contributed by atoms with Gasteiger partial charge < -0.3 is 29.4 Å². The van der Waals surface area contributed by atoms with Crippen LogP contribution in [0.1, 0.15) is 37.2 Å². The zero-order chi connectivity index (χ0) is 20.4. The number of amides is 1. The number of ether oxygens (including phenoxy) is 4. The van der Waals surface area contributed by atoms with Crippen LogP contribution in [-0.4, -0.2) is 62.2 Å². The number of carbonyl (C=O) groups is 2.